The highest BCUT2D eigenvalue weighted by Crippen LogP contribution is 2.26. The Balaban J connectivity index is 0.00000105. The minimum absolute atomic E-state index is 0.0649. The lowest BCUT2D eigenvalue weighted by molar-refractivity contribution is -0.137. The van der Waals surface area contributed by atoms with Crippen LogP contribution in [-0.2, 0) is 16.1 Å². The number of halogens is 1. The molecule has 0 radical (unpaired) electrons. The Morgan fingerprint density at radius 1 is 1.18 bits per heavy atom. The molecule has 4 heterocycles. The van der Waals surface area contributed by atoms with Gasteiger partial charge in [-0.05, 0) is 32.8 Å². The molecular formula is C27H40FN7O3. The van der Waals surface area contributed by atoms with E-state index in [1.54, 1.807) is 30.5 Å². The number of aliphatic hydroxyl groups is 1. The highest BCUT2D eigenvalue weighted by atomic mass is 19.1. The molecule has 1 saturated heterocycles. The summed E-state index contributed by atoms with van der Waals surface area (Å²) >= 11 is 0. The monoisotopic (exact) mass is 529 g/mol. The lowest BCUT2D eigenvalue weighted by Crippen LogP contribution is -2.45. The summed E-state index contributed by atoms with van der Waals surface area (Å²) in [6, 6.07) is 3.83. The Labute approximate surface area is 223 Å². The number of piperidine rings is 1. The summed E-state index contributed by atoms with van der Waals surface area (Å²) in [5, 5.41) is 12.9. The maximum atomic E-state index is 14.0. The van der Waals surface area contributed by atoms with E-state index in [0.717, 1.165) is 29.7 Å². The van der Waals surface area contributed by atoms with Crippen LogP contribution in [-0.4, -0.2) is 68.4 Å². The summed E-state index contributed by atoms with van der Waals surface area (Å²) in [6.45, 7) is 7.19. The fraction of sp³-hybridized carbons (Fsp3) is 0.630. The molecule has 38 heavy (non-hydrogen) atoms. The van der Waals surface area contributed by atoms with E-state index in [4.69, 9.17) is 14.5 Å². The Bertz CT molecular complexity index is 1170. The van der Waals surface area contributed by atoms with Crippen molar-refractivity contribution in [1.82, 2.24) is 24.5 Å². The predicted molar refractivity (Wildman–Crippen MR) is 145 cm³/mol. The molecule has 2 aliphatic rings. The molecule has 208 valence electrons. The Hall–Kier alpha value is -2.89. The average Bonchev–Trinajstić information content (AvgIpc) is 3.75. The number of imidazole rings is 1. The van der Waals surface area contributed by atoms with Crippen molar-refractivity contribution in [2.75, 3.05) is 30.4 Å². The molecule has 3 unspecified atom stereocenters. The number of rotatable bonds is 10. The zero-order valence-corrected chi connectivity index (χ0v) is 22.8. The number of pyridine rings is 1. The van der Waals surface area contributed by atoms with Gasteiger partial charge in [0.15, 0.2) is 6.29 Å². The maximum absolute atomic E-state index is 14.0. The minimum Gasteiger partial charge on any atom is -0.390 e. The van der Waals surface area contributed by atoms with Gasteiger partial charge >= 0.3 is 0 Å². The molecule has 10 nitrogen and oxygen atoms in total. The topological polar surface area (TPSA) is 110 Å². The van der Waals surface area contributed by atoms with Crippen molar-refractivity contribution < 1.29 is 19.0 Å². The highest BCUT2D eigenvalue weighted by Gasteiger charge is 2.28. The first-order valence-electron chi connectivity index (χ1n) is 13.6. The number of fused-ring (bicyclic) bond motifs is 1. The van der Waals surface area contributed by atoms with Crippen LogP contribution in [0.25, 0.3) is 11.0 Å². The molecule has 1 aliphatic heterocycles. The normalized spacial score (nSPS) is 19.8. The molecular weight excluding hydrogens is 489 g/mol. The summed E-state index contributed by atoms with van der Waals surface area (Å²) < 4.78 is 27.5. The van der Waals surface area contributed by atoms with Gasteiger partial charge < -0.3 is 29.4 Å². The molecule has 3 atom stereocenters. The quantitative estimate of drug-likeness (QED) is 0.354. The van der Waals surface area contributed by atoms with E-state index in [1.807, 2.05) is 6.07 Å². The second-order valence-electron chi connectivity index (χ2n) is 10.1. The molecule has 0 amide bonds. The van der Waals surface area contributed by atoms with Gasteiger partial charge in [0.25, 0.3) is 0 Å². The highest BCUT2D eigenvalue weighted by molar-refractivity contribution is 5.79. The average molecular weight is 530 g/mol. The van der Waals surface area contributed by atoms with Gasteiger partial charge in [0.1, 0.15) is 35.8 Å². The van der Waals surface area contributed by atoms with Crippen molar-refractivity contribution in [2.45, 2.75) is 90.5 Å². The van der Waals surface area contributed by atoms with E-state index in [1.165, 1.54) is 19.3 Å². The summed E-state index contributed by atoms with van der Waals surface area (Å²) in [6.07, 6.45) is 7.46. The summed E-state index contributed by atoms with van der Waals surface area (Å²) in [4.78, 5) is 19.8. The number of methoxy groups -OCH3 is 1. The minimum atomic E-state index is -1.32. The second kappa shape index (κ2) is 13.3. The van der Waals surface area contributed by atoms with Crippen LogP contribution in [0.5, 0.6) is 0 Å². The van der Waals surface area contributed by atoms with E-state index in [-0.39, 0.29) is 18.9 Å². The fourth-order valence-electron chi connectivity index (χ4n) is 4.24. The van der Waals surface area contributed by atoms with Crippen molar-refractivity contribution in [3.8, 4) is 0 Å². The first kappa shape index (κ1) is 28.1. The molecule has 3 aromatic rings. The van der Waals surface area contributed by atoms with Crippen molar-refractivity contribution in [3.05, 3.63) is 30.4 Å². The van der Waals surface area contributed by atoms with Gasteiger partial charge in [-0.2, -0.15) is 4.98 Å². The number of anilines is 3. The van der Waals surface area contributed by atoms with Crippen LogP contribution in [0.15, 0.2) is 24.5 Å². The number of aliphatic hydroxyl groups excluding tert-OH is 1. The number of hydrogen-bond donors (Lipinski definition) is 2. The van der Waals surface area contributed by atoms with Crippen molar-refractivity contribution in [1.29, 1.82) is 0 Å². The van der Waals surface area contributed by atoms with Crippen LogP contribution < -0.4 is 10.2 Å². The Morgan fingerprint density at radius 2 is 1.97 bits per heavy atom. The first-order valence-corrected chi connectivity index (χ1v) is 13.6. The number of ether oxygens (including phenoxy) is 2. The van der Waals surface area contributed by atoms with Gasteiger partial charge in [-0.1, -0.05) is 32.6 Å². The molecule has 1 saturated carbocycles. The summed E-state index contributed by atoms with van der Waals surface area (Å²) in [5.74, 6) is 2.38. The second-order valence-corrected chi connectivity index (χ2v) is 10.1. The standard InChI is InChI=1S/C24H34FN7O3.C3H6/c1-5-6-23(34-4)35-14-22-28-17-12-27-21(11-18(17)32(22)15(2)3)29-20-7-9-26-24(30-20)31-10-8-19(33)16(25)13-31;1-2-3-1/h7,9,11-12,15-16,19,23,33H,5-6,8,10,13-14H2,1-4H3,(H,26,27,29,30);1-3H2. The van der Waals surface area contributed by atoms with E-state index in [2.05, 4.69) is 45.6 Å². The van der Waals surface area contributed by atoms with Crippen LogP contribution in [0.2, 0.25) is 0 Å². The third kappa shape index (κ3) is 7.36. The lowest BCUT2D eigenvalue weighted by atomic mass is 10.1. The number of nitrogens with one attached hydrogen (secondary N) is 1. The molecule has 1 aliphatic carbocycles. The molecule has 11 heteroatoms. The lowest BCUT2D eigenvalue weighted by Gasteiger charge is -2.32. The van der Waals surface area contributed by atoms with E-state index >= 15 is 0 Å². The third-order valence-corrected chi connectivity index (χ3v) is 6.39. The molecule has 0 aromatic carbocycles. The molecule has 5 rings (SSSR count). The predicted octanol–water partition coefficient (Wildman–Crippen LogP) is 4.91. The number of hydrogen-bond acceptors (Lipinski definition) is 9. The third-order valence-electron chi connectivity index (χ3n) is 6.39. The number of nitrogens with zero attached hydrogens (tertiary/aromatic N) is 6. The van der Waals surface area contributed by atoms with Gasteiger partial charge in [-0.3, -0.25) is 0 Å². The van der Waals surface area contributed by atoms with Crippen LogP contribution in [0.3, 0.4) is 0 Å². The van der Waals surface area contributed by atoms with Crippen molar-refractivity contribution >= 4 is 28.6 Å². The molecule has 0 spiro atoms. The van der Waals surface area contributed by atoms with Gasteiger partial charge in [0.05, 0.1) is 24.4 Å². The SMILES string of the molecule is C1CC1.CCCC(OC)OCc1nc2cnc(Nc3ccnc(N4CCC(O)C(F)C4)n3)cc2n1C(C)C. The molecule has 3 aromatic heterocycles. The molecule has 0 bridgehead atoms. The largest absolute Gasteiger partial charge is 0.390 e. The number of aromatic nitrogens is 5. The van der Waals surface area contributed by atoms with Crippen LogP contribution in [0.1, 0.15) is 71.2 Å². The van der Waals surface area contributed by atoms with Gasteiger partial charge in [0.2, 0.25) is 5.95 Å². The fourth-order valence-corrected chi connectivity index (χ4v) is 4.24. The molecule has 2 N–H and O–H groups in total. The zero-order chi connectivity index (χ0) is 27.1. The summed E-state index contributed by atoms with van der Waals surface area (Å²) in [5.41, 5.74) is 1.71. The Kier molecular flexibility index (Phi) is 9.81. The van der Waals surface area contributed by atoms with E-state index < -0.39 is 12.3 Å². The molecule has 2 fully saturated rings. The Morgan fingerprint density at radius 3 is 2.63 bits per heavy atom. The van der Waals surface area contributed by atoms with Gasteiger partial charge in [-0.15, -0.1) is 0 Å². The van der Waals surface area contributed by atoms with E-state index in [9.17, 15) is 9.50 Å². The van der Waals surface area contributed by atoms with Crippen molar-refractivity contribution in [2.24, 2.45) is 0 Å². The van der Waals surface area contributed by atoms with Gasteiger partial charge in [0, 0.05) is 32.0 Å². The van der Waals surface area contributed by atoms with Crippen LogP contribution >= 0.6 is 0 Å². The zero-order valence-electron chi connectivity index (χ0n) is 22.8. The maximum Gasteiger partial charge on any atom is 0.227 e. The van der Waals surface area contributed by atoms with Crippen LogP contribution in [0.4, 0.5) is 22.0 Å². The smallest absolute Gasteiger partial charge is 0.227 e. The van der Waals surface area contributed by atoms with Crippen molar-refractivity contribution in [3.63, 3.8) is 0 Å². The number of alkyl halides is 1. The van der Waals surface area contributed by atoms with Gasteiger partial charge in [-0.25, -0.2) is 19.3 Å². The first-order chi connectivity index (χ1) is 18.4. The summed E-state index contributed by atoms with van der Waals surface area (Å²) in [7, 11) is 1.65. The van der Waals surface area contributed by atoms with Crippen LogP contribution in [0, 0.1) is 0 Å². The van der Waals surface area contributed by atoms with E-state index in [0.29, 0.717) is 37.2 Å².